The molecule has 0 aromatic rings. The van der Waals surface area contributed by atoms with Gasteiger partial charge in [-0.1, -0.05) is 148 Å². The van der Waals surface area contributed by atoms with Crippen molar-refractivity contribution in [1.82, 2.24) is 0 Å². The number of hydrogen-bond acceptors (Lipinski definition) is 2. The molecular weight excluding hydrogens is 512 g/mol. The lowest BCUT2D eigenvalue weighted by atomic mass is 9.63. The van der Waals surface area contributed by atoms with Gasteiger partial charge in [-0.05, 0) is 88.5 Å². The maximum atomic E-state index is 10.1. The molecule has 1 fully saturated rings. The van der Waals surface area contributed by atoms with Crippen LogP contribution in [0.2, 0.25) is 0 Å². The molecular formula is C40H58O2. The van der Waals surface area contributed by atoms with Crippen LogP contribution in [-0.4, -0.2) is 22.4 Å². The minimum atomic E-state index is -0.225. The van der Waals surface area contributed by atoms with Gasteiger partial charge in [0.1, 0.15) is 0 Å². The van der Waals surface area contributed by atoms with E-state index in [9.17, 15) is 10.2 Å². The standard InChI is InChI=1S/C40H58O2/c1-29(17-13-19-31(3)21-23-37-33(5)25-35(41)27-39(37,7)8)15-11-12-16-30(2)18-14-20-32(4)22-24-38-34(6)26-36(42)28-40(38,9)10/h11-24,33,35-37,41-42H,25-28H2,1-10H3/b12-11+,17-13+,18-14+,23-21+,24-22+,29-15+,30-16-,31-19+,32-20+/t33?,35-,36-,37-/m0/s1. The first-order valence-electron chi connectivity index (χ1n) is 15.7. The van der Waals surface area contributed by atoms with E-state index in [1.807, 2.05) is 0 Å². The summed E-state index contributed by atoms with van der Waals surface area (Å²) >= 11 is 0. The zero-order valence-corrected chi connectivity index (χ0v) is 28.1. The maximum absolute atomic E-state index is 10.1. The van der Waals surface area contributed by atoms with Gasteiger partial charge in [0, 0.05) is 0 Å². The van der Waals surface area contributed by atoms with E-state index in [2.05, 4.69) is 154 Å². The van der Waals surface area contributed by atoms with E-state index in [4.69, 9.17) is 0 Å². The van der Waals surface area contributed by atoms with Gasteiger partial charge in [0.2, 0.25) is 0 Å². The fraction of sp³-hybridized carbons (Fsp3) is 0.500. The zero-order chi connectivity index (χ0) is 31.5. The fourth-order valence-electron chi connectivity index (χ4n) is 6.61. The van der Waals surface area contributed by atoms with Gasteiger partial charge in [0.25, 0.3) is 0 Å². The topological polar surface area (TPSA) is 40.5 Å². The van der Waals surface area contributed by atoms with Gasteiger partial charge in [-0.3, -0.25) is 0 Å². The average Bonchev–Trinajstić information content (AvgIpc) is 2.84. The van der Waals surface area contributed by atoms with Crippen molar-refractivity contribution in [3.8, 4) is 0 Å². The Morgan fingerprint density at radius 2 is 1.19 bits per heavy atom. The molecule has 2 aliphatic carbocycles. The molecule has 230 valence electrons. The molecule has 0 aromatic heterocycles. The predicted molar refractivity (Wildman–Crippen MR) is 184 cm³/mol. The Balaban J connectivity index is 1.88. The summed E-state index contributed by atoms with van der Waals surface area (Å²) < 4.78 is 0. The van der Waals surface area contributed by atoms with Gasteiger partial charge in [-0.2, -0.15) is 0 Å². The summed E-state index contributed by atoms with van der Waals surface area (Å²) in [5, 5.41) is 20.2. The highest BCUT2D eigenvalue weighted by Crippen LogP contribution is 2.45. The lowest BCUT2D eigenvalue weighted by molar-refractivity contribution is 0.00771. The molecule has 0 amide bonds. The van der Waals surface area contributed by atoms with Crippen LogP contribution in [0, 0.1) is 22.7 Å². The molecule has 2 aliphatic rings. The monoisotopic (exact) mass is 570 g/mol. The van der Waals surface area contributed by atoms with E-state index in [0.717, 1.165) is 25.7 Å². The minimum absolute atomic E-state index is 0.00691. The summed E-state index contributed by atoms with van der Waals surface area (Å²) in [4.78, 5) is 0. The second-order valence-corrected chi connectivity index (χ2v) is 14.2. The first-order valence-corrected chi connectivity index (χ1v) is 15.7. The quantitative estimate of drug-likeness (QED) is 0.256. The second-order valence-electron chi connectivity index (χ2n) is 14.2. The molecule has 0 aliphatic heterocycles. The van der Waals surface area contributed by atoms with E-state index in [1.165, 1.54) is 33.4 Å². The summed E-state index contributed by atoms with van der Waals surface area (Å²) in [6.07, 6.45) is 33.1. The predicted octanol–water partition coefficient (Wildman–Crippen LogP) is 10.5. The molecule has 4 atom stereocenters. The molecule has 2 heteroatoms. The van der Waals surface area contributed by atoms with E-state index >= 15 is 0 Å². The number of allylic oxidation sites excluding steroid dienone is 19. The first-order chi connectivity index (χ1) is 19.6. The van der Waals surface area contributed by atoms with Gasteiger partial charge < -0.3 is 10.2 Å². The molecule has 0 spiro atoms. The summed E-state index contributed by atoms with van der Waals surface area (Å²) in [6, 6.07) is 0. The van der Waals surface area contributed by atoms with Crippen molar-refractivity contribution in [1.29, 1.82) is 0 Å². The van der Waals surface area contributed by atoms with Crippen LogP contribution >= 0.6 is 0 Å². The highest BCUT2D eigenvalue weighted by atomic mass is 16.3. The molecule has 2 nitrogen and oxygen atoms in total. The van der Waals surface area contributed by atoms with Crippen LogP contribution in [-0.2, 0) is 0 Å². The van der Waals surface area contributed by atoms with Crippen molar-refractivity contribution >= 4 is 0 Å². The highest BCUT2D eigenvalue weighted by molar-refractivity contribution is 5.38. The van der Waals surface area contributed by atoms with Gasteiger partial charge >= 0.3 is 0 Å². The third kappa shape index (κ3) is 11.9. The van der Waals surface area contributed by atoms with Crippen LogP contribution in [0.3, 0.4) is 0 Å². The minimum Gasteiger partial charge on any atom is -0.393 e. The van der Waals surface area contributed by atoms with Gasteiger partial charge in [-0.25, -0.2) is 0 Å². The van der Waals surface area contributed by atoms with Crippen LogP contribution < -0.4 is 0 Å². The number of rotatable bonds is 10. The van der Waals surface area contributed by atoms with Crippen molar-refractivity contribution in [2.24, 2.45) is 22.7 Å². The molecule has 1 saturated carbocycles. The third-order valence-electron chi connectivity index (χ3n) is 8.74. The number of hydrogen-bond donors (Lipinski definition) is 2. The van der Waals surface area contributed by atoms with Crippen molar-refractivity contribution in [3.05, 3.63) is 119 Å². The first kappa shape index (κ1) is 35.5. The largest absolute Gasteiger partial charge is 0.393 e. The Morgan fingerprint density at radius 3 is 1.71 bits per heavy atom. The van der Waals surface area contributed by atoms with Gasteiger partial charge in [0.05, 0.1) is 12.2 Å². The Hall–Kier alpha value is -2.68. The van der Waals surface area contributed by atoms with Crippen molar-refractivity contribution in [3.63, 3.8) is 0 Å². The number of aliphatic hydroxyl groups excluding tert-OH is 2. The number of aliphatic hydroxyl groups is 2. The summed E-state index contributed by atoms with van der Waals surface area (Å²) in [5.41, 5.74) is 7.60. The highest BCUT2D eigenvalue weighted by Gasteiger charge is 2.39. The lowest BCUT2D eigenvalue weighted by Gasteiger charge is -2.43. The third-order valence-corrected chi connectivity index (χ3v) is 8.74. The Morgan fingerprint density at radius 1 is 0.690 bits per heavy atom. The van der Waals surface area contributed by atoms with Crippen molar-refractivity contribution in [2.75, 3.05) is 0 Å². The van der Waals surface area contributed by atoms with Crippen LogP contribution in [0.5, 0.6) is 0 Å². The van der Waals surface area contributed by atoms with Gasteiger partial charge in [0.15, 0.2) is 0 Å². The molecule has 0 saturated heterocycles. The fourth-order valence-corrected chi connectivity index (χ4v) is 6.61. The molecule has 42 heavy (non-hydrogen) atoms. The van der Waals surface area contributed by atoms with Crippen molar-refractivity contribution < 1.29 is 10.2 Å². The summed E-state index contributed by atoms with van der Waals surface area (Å²) in [6.45, 7) is 21.9. The molecule has 0 bridgehead atoms. The lowest BCUT2D eigenvalue weighted by Crippen LogP contribution is -2.38. The SMILES string of the molecule is CC1=C(/C=C/C(C)=C/C=C/C(C)=C\C=C\C=C(C)\C=C\C=C(C)\C=C\[C@H]2C(C)C[C@H](O)CC2(C)C)C(C)(C)C[C@@H](O)C1. The van der Waals surface area contributed by atoms with E-state index in [1.54, 1.807) is 0 Å². The zero-order valence-electron chi connectivity index (χ0n) is 28.1. The van der Waals surface area contributed by atoms with Crippen LogP contribution in [0.15, 0.2) is 119 Å². The normalized spacial score (nSPS) is 28.5. The molecule has 2 N–H and O–H groups in total. The van der Waals surface area contributed by atoms with Crippen LogP contribution in [0.1, 0.15) is 94.9 Å². The molecule has 2 rings (SSSR count). The maximum Gasteiger partial charge on any atom is 0.0585 e. The molecule has 0 radical (unpaired) electrons. The van der Waals surface area contributed by atoms with E-state index in [-0.39, 0.29) is 23.0 Å². The smallest absolute Gasteiger partial charge is 0.0585 e. The Kier molecular flexibility index (Phi) is 13.7. The van der Waals surface area contributed by atoms with E-state index in [0.29, 0.717) is 11.8 Å². The summed E-state index contributed by atoms with van der Waals surface area (Å²) in [5.74, 6) is 0.982. The molecule has 1 unspecified atom stereocenters. The molecule has 0 aromatic carbocycles. The van der Waals surface area contributed by atoms with E-state index < -0.39 is 0 Å². The average molecular weight is 571 g/mol. The van der Waals surface area contributed by atoms with Crippen LogP contribution in [0.4, 0.5) is 0 Å². The second kappa shape index (κ2) is 16.2. The Labute approximate surface area is 258 Å². The Bertz CT molecular complexity index is 1220. The van der Waals surface area contributed by atoms with Crippen molar-refractivity contribution in [2.45, 2.75) is 107 Å². The summed E-state index contributed by atoms with van der Waals surface area (Å²) in [7, 11) is 0. The van der Waals surface area contributed by atoms with Gasteiger partial charge in [-0.15, -0.1) is 0 Å². The van der Waals surface area contributed by atoms with Crippen LogP contribution in [0.25, 0.3) is 0 Å². The molecule has 0 heterocycles.